The van der Waals surface area contributed by atoms with Gasteiger partial charge in [0.25, 0.3) is 5.91 Å². The van der Waals surface area contributed by atoms with Gasteiger partial charge in [0.05, 0.1) is 0 Å². The zero-order chi connectivity index (χ0) is 18.5. The number of aromatic nitrogens is 2. The summed E-state index contributed by atoms with van der Waals surface area (Å²) in [6.45, 7) is 3.00. The molecule has 0 aliphatic carbocycles. The molecule has 144 valence electrons. The topological polar surface area (TPSA) is 70.2 Å². The molecule has 1 fully saturated rings. The Hall–Kier alpha value is -2.34. The normalized spacial score (nSPS) is 24.5. The van der Waals surface area contributed by atoms with Crippen molar-refractivity contribution in [2.24, 2.45) is 5.92 Å². The third-order valence-corrected chi connectivity index (χ3v) is 5.72. The number of aromatic amines is 1. The summed E-state index contributed by atoms with van der Waals surface area (Å²) in [5.74, 6) is 1.32. The van der Waals surface area contributed by atoms with E-state index in [0.717, 1.165) is 56.8 Å². The minimum absolute atomic E-state index is 0.0117. The van der Waals surface area contributed by atoms with Crippen molar-refractivity contribution in [2.75, 3.05) is 19.7 Å². The zero-order valence-electron chi connectivity index (χ0n) is 15.7. The van der Waals surface area contributed by atoms with Crippen LogP contribution in [-0.4, -0.2) is 46.7 Å². The molecular formula is C21H28N4O2. The standard InChI is InChI=1S/C21H28N4O2/c26-21-15-27-20-8-4-3-6-16(20)5-1-2-7-17-13-25(12-10-19(17)23-21)14-18-9-11-22-24-18/h3-4,6,8-9,11,17,19H,1-2,5,7,10,12-15H2,(H,22,24)(H,23,26)/t17-,19+/m0/s1. The number of fused-ring (bicyclic) bond motifs is 2. The van der Waals surface area contributed by atoms with E-state index in [1.165, 1.54) is 12.0 Å². The Morgan fingerprint density at radius 1 is 1.19 bits per heavy atom. The van der Waals surface area contributed by atoms with E-state index in [2.05, 4.69) is 26.5 Å². The summed E-state index contributed by atoms with van der Waals surface area (Å²) in [7, 11) is 0. The van der Waals surface area contributed by atoms with Gasteiger partial charge in [-0.05, 0) is 49.3 Å². The quantitative estimate of drug-likeness (QED) is 0.855. The van der Waals surface area contributed by atoms with Crippen LogP contribution in [0.15, 0.2) is 36.5 Å². The Balaban J connectivity index is 1.42. The molecule has 6 heteroatoms. The van der Waals surface area contributed by atoms with Crippen LogP contribution in [0.2, 0.25) is 0 Å². The molecule has 2 aliphatic heterocycles. The lowest BCUT2D eigenvalue weighted by Gasteiger charge is -2.39. The number of para-hydroxylation sites is 1. The Bertz CT molecular complexity index is 746. The third kappa shape index (κ3) is 4.69. The number of hydrogen-bond donors (Lipinski definition) is 2. The van der Waals surface area contributed by atoms with Crippen LogP contribution in [0.3, 0.4) is 0 Å². The van der Waals surface area contributed by atoms with Gasteiger partial charge in [0.15, 0.2) is 6.61 Å². The molecule has 2 N–H and O–H groups in total. The fourth-order valence-corrected chi connectivity index (χ4v) is 4.31. The largest absolute Gasteiger partial charge is 0.483 e. The highest BCUT2D eigenvalue weighted by molar-refractivity contribution is 5.78. The van der Waals surface area contributed by atoms with E-state index < -0.39 is 0 Å². The summed E-state index contributed by atoms with van der Waals surface area (Å²) in [5, 5.41) is 10.3. The number of piperidine rings is 1. The Labute approximate surface area is 160 Å². The lowest BCUT2D eigenvalue weighted by atomic mass is 9.87. The number of rotatable bonds is 2. The molecule has 0 saturated carbocycles. The van der Waals surface area contributed by atoms with E-state index >= 15 is 0 Å². The maximum Gasteiger partial charge on any atom is 0.258 e. The van der Waals surface area contributed by atoms with E-state index in [1.807, 2.05) is 24.3 Å². The van der Waals surface area contributed by atoms with Crippen LogP contribution in [0.5, 0.6) is 5.75 Å². The highest BCUT2D eigenvalue weighted by Gasteiger charge is 2.30. The number of aryl methyl sites for hydroxylation is 1. The van der Waals surface area contributed by atoms with Gasteiger partial charge in [0.1, 0.15) is 5.75 Å². The summed E-state index contributed by atoms with van der Waals surface area (Å²) in [5.41, 5.74) is 2.35. The summed E-state index contributed by atoms with van der Waals surface area (Å²) >= 11 is 0. The van der Waals surface area contributed by atoms with E-state index in [9.17, 15) is 4.79 Å². The molecule has 1 aromatic heterocycles. The SMILES string of the molecule is O=C1COc2ccccc2CCCC[C@H]2CN(Cc3ccn[nH]3)CC[C@H]2N1. The molecule has 1 saturated heterocycles. The van der Waals surface area contributed by atoms with Gasteiger partial charge in [-0.3, -0.25) is 14.8 Å². The Kier molecular flexibility index (Phi) is 5.72. The van der Waals surface area contributed by atoms with E-state index in [0.29, 0.717) is 5.92 Å². The van der Waals surface area contributed by atoms with Crippen LogP contribution >= 0.6 is 0 Å². The number of amides is 1. The lowest BCUT2D eigenvalue weighted by Crippen LogP contribution is -2.51. The average molecular weight is 368 g/mol. The maximum absolute atomic E-state index is 12.4. The fourth-order valence-electron chi connectivity index (χ4n) is 4.31. The molecule has 1 amide bonds. The zero-order valence-corrected chi connectivity index (χ0v) is 15.7. The molecule has 3 heterocycles. The molecule has 6 nitrogen and oxygen atoms in total. The van der Waals surface area contributed by atoms with Gasteiger partial charge in [-0.15, -0.1) is 0 Å². The van der Waals surface area contributed by atoms with Gasteiger partial charge in [-0.2, -0.15) is 5.10 Å². The summed E-state index contributed by atoms with van der Waals surface area (Å²) < 4.78 is 5.81. The van der Waals surface area contributed by atoms with Crippen LogP contribution in [-0.2, 0) is 17.8 Å². The van der Waals surface area contributed by atoms with Gasteiger partial charge < -0.3 is 10.1 Å². The van der Waals surface area contributed by atoms with Crippen molar-refractivity contribution in [3.63, 3.8) is 0 Å². The first-order valence-corrected chi connectivity index (χ1v) is 9.98. The maximum atomic E-state index is 12.4. The molecule has 2 aliphatic rings. The van der Waals surface area contributed by atoms with Crippen molar-refractivity contribution in [1.29, 1.82) is 0 Å². The minimum Gasteiger partial charge on any atom is -0.483 e. The molecule has 0 unspecified atom stereocenters. The number of ether oxygens (including phenoxy) is 1. The molecule has 0 bridgehead atoms. The number of hydrogen-bond acceptors (Lipinski definition) is 4. The highest BCUT2D eigenvalue weighted by atomic mass is 16.5. The number of H-pyrrole nitrogens is 1. The monoisotopic (exact) mass is 368 g/mol. The molecule has 2 atom stereocenters. The molecular weight excluding hydrogens is 340 g/mol. The first-order chi connectivity index (χ1) is 13.3. The summed E-state index contributed by atoms with van der Waals surface area (Å²) in [6, 6.07) is 10.4. The van der Waals surface area contributed by atoms with Crippen molar-refractivity contribution in [1.82, 2.24) is 20.4 Å². The first-order valence-electron chi connectivity index (χ1n) is 9.98. The smallest absolute Gasteiger partial charge is 0.258 e. The fraction of sp³-hybridized carbons (Fsp3) is 0.524. The van der Waals surface area contributed by atoms with Gasteiger partial charge in [-0.1, -0.05) is 24.6 Å². The molecule has 0 radical (unpaired) electrons. The van der Waals surface area contributed by atoms with Crippen molar-refractivity contribution in [3.05, 3.63) is 47.8 Å². The van der Waals surface area contributed by atoms with Gasteiger partial charge in [-0.25, -0.2) is 0 Å². The molecule has 0 spiro atoms. The van der Waals surface area contributed by atoms with Gasteiger partial charge in [0.2, 0.25) is 0 Å². The van der Waals surface area contributed by atoms with Crippen molar-refractivity contribution in [3.8, 4) is 5.75 Å². The summed E-state index contributed by atoms with van der Waals surface area (Å²) in [4.78, 5) is 14.9. The number of nitrogens with zero attached hydrogens (tertiary/aromatic N) is 2. The second-order valence-electron chi connectivity index (χ2n) is 7.68. The number of carbonyl (C=O) groups is 1. The second-order valence-corrected chi connectivity index (χ2v) is 7.68. The van der Waals surface area contributed by atoms with Crippen molar-refractivity contribution in [2.45, 2.75) is 44.7 Å². The Morgan fingerprint density at radius 2 is 2.11 bits per heavy atom. The predicted molar refractivity (Wildman–Crippen MR) is 103 cm³/mol. The van der Waals surface area contributed by atoms with Gasteiger partial charge >= 0.3 is 0 Å². The third-order valence-electron chi connectivity index (χ3n) is 5.72. The van der Waals surface area contributed by atoms with Crippen molar-refractivity contribution < 1.29 is 9.53 Å². The van der Waals surface area contributed by atoms with Crippen LogP contribution in [0, 0.1) is 5.92 Å². The number of nitrogens with one attached hydrogen (secondary N) is 2. The van der Waals surface area contributed by atoms with Crippen LogP contribution in [0.1, 0.15) is 36.9 Å². The van der Waals surface area contributed by atoms with Crippen molar-refractivity contribution >= 4 is 5.91 Å². The minimum atomic E-state index is -0.0117. The second kappa shape index (κ2) is 8.57. The Morgan fingerprint density at radius 3 is 3.00 bits per heavy atom. The lowest BCUT2D eigenvalue weighted by molar-refractivity contribution is -0.124. The van der Waals surface area contributed by atoms with E-state index in [4.69, 9.17) is 4.74 Å². The summed E-state index contributed by atoms with van der Waals surface area (Å²) in [6.07, 6.45) is 7.26. The number of likely N-dealkylation sites (tertiary alicyclic amines) is 1. The molecule has 2 aromatic rings. The number of benzene rings is 1. The van der Waals surface area contributed by atoms with E-state index in [-0.39, 0.29) is 18.6 Å². The predicted octanol–water partition coefficient (Wildman–Crippen LogP) is 2.52. The van der Waals surface area contributed by atoms with Crippen LogP contribution in [0.4, 0.5) is 0 Å². The molecule has 27 heavy (non-hydrogen) atoms. The van der Waals surface area contributed by atoms with E-state index in [1.54, 1.807) is 6.20 Å². The van der Waals surface area contributed by atoms with Crippen LogP contribution < -0.4 is 10.1 Å². The van der Waals surface area contributed by atoms with Crippen LogP contribution in [0.25, 0.3) is 0 Å². The first kappa shape index (κ1) is 18.0. The molecule has 4 rings (SSSR count). The molecule has 1 aromatic carbocycles. The highest BCUT2D eigenvalue weighted by Crippen LogP contribution is 2.26. The van der Waals surface area contributed by atoms with Gasteiger partial charge in [0, 0.05) is 37.6 Å². The average Bonchev–Trinajstić information content (AvgIpc) is 3.18. The number of carbonyl (C=O) groups excluding carboxylic acids is 1.